The maximum Gasteiger partial charge on any atom is 0.417 e. The second kappa shape index (κ2) is 7.79. The van der Waals surface area contributed by atoms with Crippen molar-refractivity contribution in [3.63, 3.8) is 0 Å². The summed E-state index contributed by atoms with van der Waals surface area (Å²) >= 11 is 0.808. The van der Waals surface area contributed by atoms with Crippen molar-refractivity contribution in [2.75, 3.05) is 11.1 Å². The normalized spacial score (nSPS) is 11.1. The minimum absolute atomic E-state index is 0.101. The van der Waals surface area contributed by atoms with E-state index in [2.05, 4.69) is 10.3 Å². The molecule has 1 amide bonds. The van der Waals surface area contributed by atoms with Crippen molar-refractivity contribution in [1.82, 2.24) is 4.98 Å². The van der Waals surface area contributed by atoms with Crippen molar-refractivity contribution in [3.8, 4) is 6.07 Å². The van der Waals surface area contributed by atoms with Crippen LogP contribution in [0.25, 0.3) is 0 Å². The molecule has 2 aromatic rings. The number of anilines is 1. The number of benzene rings is 1. The molecule has 0 fully saturated rings. The molecule has 0 spiro atoms. The molecule has 4 nitrogen and oxygen atoms in total. The fraction of sp³-hybridized carbons (Fsp3) is 0.278. The molecular weight excluding hydrogens is 363 g/mol. The smallest absolute Gasteiger partial charge is 0.325 e. The van der Waals surface area contributed by atoms with Crippen LogP contribution in [-0.4, -0.2) is 16.6 Å². The van der Waals surface area contributed by atoms with Crippen LogP contribution in [-0.2, 0) is 11.0 Å². The number of halogens is 3. The largest absolute Gasteiger partial charge is 0.417 e. The minimum Gasteiger partial charge on any atom is -0.325 e. The van der Waals surface area contributed by atoms with Crippen LogP contribution >= 0.6 is 11.8 Å². The van der Waals surface area contributed by atoms with Gasteiger partial charge in [-0.25, -0.2) is 4.98 Å². The predicted molar refractivity (Wildman–Crippen MR) is 94.0 cm³/mol. The zero-order valence-corrected chi connectivity index (χ0v) is 15.2. The van der Waals surface area contributed by atoms with Crippen molar-refractivity contribution >= 4 is 23.4 Å². The molecule has 1 N–H and O–H groups in total. The lowest BCUT2D eigenvalue weighted by molar-refractivity contribution is -0.138. The quantitative estimate of drug-likeness (QED) is 0.787. The third kappa shape index (κ3) is 4.76. The first-order valence-corrected chi connectivity index (χ1v) is 8.59. The van der Waals surface area contributed by atoms with E-state index in [1.54, 1.807) is 6.07 Å². The second-order valence-electron chi connectivity index (χ2n) is 5.76. The van der Waals surface area contributed by atoms with E-state index >= 15 is 0 Å². The summed E-state index contributed by atoms with van der Waals surface area (Å²) in [6.45, 7) is 5.14. The monoisotopic (exact) mass is 379 g/mol. The first-order valence-electron chi connectivity index (χ1n) is 7.60. The summed E-state index contributed by atoms with van der Waals surface area (Å²) in [6.07, 6.45) is -4.66. The van der Waals surface area contributed by atoms with E-state index < -0.39 is 17.3 Å². The van der Waals surface area contributed by atoms with Crippen LogP contribution in [0.1, 0.15) is 27.9 Å². The van der Waals surface area contributed by atoms with Gasteiger partial charge in [-0.1, -0.05) is 23.9 Å². The van der Waals surface area contributed by atoms with Crippen LogP contribution in [0.4, 0.5) is 18.9 Å². The molecule has 1 aromatic carbocycles. The van der Waals surface area contributed by atoms with Gasteiger partial charge in [-0.2, -0.15) is 18.4 Å². The number of rotatable bonds is 4. The number of thioether (sulfide) groups is 1. The Hall–Kier alpha value is -2.53. The summed E-state index contributed by atoms with van der Waals surface area (Å²) < 4.78 is 39.3. The SMILES string of the molecule is Cc1ccc(C)c(NC(=O)CSc2nc(C)cc(C(F)(F)F)c2C#N)c1. The van der Waals surface area contributed by atoms with E-state index in [4.69, 9.17) is 5.26 Å². The molecule has 0 radical (unpaired) electrons. The highest BCUT2D eigenvalue weighted by molar-refractivity contribution is 8.00. The Morgan fingerprint density at radius 1 is 1.27 bits per heavy atom. The Morgan fingerprint density at radius 2 is 1.96 bits per heavy atom. The van der Waals surface area contributed by atoms with Crippen molar-refractivity contribution in [3.05, 3.63) is 52.2 Å². The van der Waals surface area contributed by atoms with E-state index in [0.717, 1.165) is 29.0 Å². The Bertz CT molecular complexity index is 888. The fourth-order valence-electron chi connectivity index (χ4n) is 2.27. The van der Waals surface area contributed by atoms with E-state index in [-0.39, 0.29) is 22.4 Å². The third-order valence-corrected chi connectivity index (χ3v) is 4.51. The number of alkyl halides is 3. The summed E-state index contributed by atoms with van der Waals surface area (Å²) in [4.78, 5) is 16.1. The van der Waals surface area contributed by atoms with Gasteiger partial charge < -0.3 is 5.32 Å². The van der Waals surface area contributed by atoms with Crippen LogP contribution in [0, 0.1) is 32.1 Å². The molecule has 0 atom stereocenters. The second-order valence-corrected chi connectivity index (χ2v) is 6.72. The van der Waals surface area contributed by atoms with Crippen molar-refractivity contribution in [1.29, 1.82) is 5.26 Å². The molecule has 0 aliphatic rings. The summed E-state index contributed by atoms with van der Waals surface area (Å²) in [6, 6.07) is 7.97. The van der Waals surface area contributed by atoms with E-state index in [1.165, 1.54) is 6.92 Å². The molecule has 0 bridgehead atoms. The van der Waals surface area contributed by atoms with Gasteiger partial charge >= 0.3 is 6.18 Å². The molecule has 0 aliphatic heterocycles. The molecule has 2 rings (SSSR count). The van der Waals surface area contributed by atoms with Gasteiger partial charge in [0, 0.05) is 11.4 Å². The number of aryl methyl sites for hydroxylation is 3. The standard InChI is InChI=1S/C18H16F3N3OS/c1-10-4-5-11(2)15(6-10)24-16(25)9-26-17-13(8-22)14(18(19,20)21)7-12(3)23-17/h4-7H,9H2,1-3H3,(H,24,25). The molecule has 136 valence electrons. The highest BCUT2D eigenvalue weighted by Gasteiger charge is 2.35. The van der Waals surface area contributed by atoms with Gasteiger partial charge in [0.05, 0.1) is 16.9 Å². The van der Waals surface area contributed by atoms with Gasteiger partial charge in [0.1, 0.15) is 11.1 Å². The number of carbonyl (C=O) groups excluding carboxylic acids is 1. The first-order chi connectivity index (χ1) is 12.1. The highest BCUT2D eigenvalue weighted by atomic mass is 32.2. The molecule has 0 unspecified atom stereocenters. The van der Waals surface area contributed by atoms with Gasteiger partial charge in [-0.15, -0.1) is 0 Å². The molecule has 0 saturated heterocycles. The van der Waals surface area contributed by atoms with Crippen LogP contribution in [0.5, 0.6) is 0 Å². The Morgan fingerprint density at radius 3 is 2.58 bits per heavy atom. The number of pyridine rings is 1. The maximum absolute atomic E-state index is 13.1. The van der Waals surface area contributed by atoms with Gasteiger partial charge in [-0.05, 0) is 44.0 Å². The van der Waals surface area contributed by atoms with Crippen LogP contribution in [0.15, 0.2) is 29.3 Å². The molecule has 1 aromatic heterocycles. The summed E-state index contributed by atoms with van der Waals surface area (Å²) in [5.41, 5.74) is 1.02. The average molecular weight is 379 g/mol. The predicted octanol–water partition coefficient (Wildman–Crippen LogP) is 4.63. The molecule has 26 heavy (non-hydrogen) atoms. The van der Waals surface area contributed by atoms with Crippen molar-refractivity contribution in [2.45, 2.75) is 32.0 Å². The fourth-order valence-corrected chi connectivity index (χ4v) is 3.12. The van der Waals surface area contributed by atoms with Gasteiger partial charge in [0.15, 0.2) is 0 Å². The van der Waals surface area contributed by atoms with E-state index in [0.29, 0.717) is 5.69 Å². The number of nitrogens with one attached hydrogen (secondary N) is 1. The minimum atomic E-state index is -4.66. The number of aromatic nitrogens is 1. The summed E-state index contributed by atoms with van der Waals surface area (Å²) in [5.74, 6) is -0.542. The Labute approximate surface area is 153 Å². The lowest BCUT2D eigenvalue weighted by atomic mass is 10.1. The topological polar surface area (TPSA) is 65.8 Å². The number of nitriles is 1. The summed E-state index contributed by atoms with van der Waals surface area (Å²) in [5, 5.41) is 11.7. The molecule has 1 heterocycles. The van der Waals surface area contributed by atoms with Crippen molar-refractivity contribution < 1.29 is 18.0 Å². The van der Waals surface area contributed by atoms with Gasteiger partial charge in [0.2, 0.25) is 5.91 Å². The molecule has 8 heteroatoms. The first kappa shape index (κ1) is 19.8. The van der Waals surface area contributed by atoms with Gasteiger partial charge in [0.25, 0.3) is 0 Å². The van der Waals surface area contributed by atoms with E-state index in [9.17, 15) is 18.0 Å². The number of carbonyl (C=O) groups is 1. The average Bonchev–Trinajstić information content (AvgIpc) is 2.55. The molecular formula is C18H16F3N3OS. The van der Waals surface area contributed by atoms with Crippen molar-refractivity contribution in [2.24, 2.45) is 0 Å². The Kier molecular flexibility index (Phi) is 5.93. The van der Waals surface area contributed by atoms with Gasteiger partial charge in [-0.3, -0.25) is 4.79 Å². The zero-order chi connectivity index (χ0) is 19.5. The number of nitrogens with zero attached hydrogens (tertiary/aromatic N) is 2. The third-order valence-electron chi connectivity index (χ3n) is 3.54. The maximum atomic E-state index is 13.1. The van der Waals surface area contributed by atoms with E-state index in [1.807, 2.05) is 32.0 Å². The lowest BCUT2D eigenvalue weighted by Crippen LogP contribution is -2.16. The van der Waals surface area contributed by atoms with Crippen LogP contribution < -0.4 is 5.32 Å². The number of hydrogen-bond donors (Lipinski definition) is 1. The zero-order valence-electron chi connectivity index (χ0n) is 14.4. The number of hydrogen-bond acceptors (Lipinski definition) is 4. The Balaban J connectivity index is 2.19. The molecule has 0 saturated carbocycles. The van der Waals surface area contributed by atoms with Crippen LogP contribution in [0.3, 0.4) is 0 Å². The summed E-state index contributed by atoms with van der Waals surface area (Å²) in [7, 11) is 0. The lowest BCUT2D eigenvalue weighted by Gasteiger charge is -2.13. The van der Waals surface area contributed by atoms with Crippen LogP contribution in [0.2, 0.25) is 0 Å². The highest BCUT2D eigenvalue weighted by Crippen LogP contribution is 2.35. The number of amides is 1. The molecule has 0 aliphatic carbocycles.